The third kappa shape index (κ3) is 2.86. The van der Waals surface area contributed by atoms with Crippen LogP contribution in [0.4, 0.5) is 0 Å². The van der Waals surface area contributed by atoms with E-state index in [9.17, 15) is 4.79 Å². The van der Waals surface area contributed by atoms with Gasteiger partial charge >= 0.3 is 0 Å². The Morgan fingerprint density at radius 1 is 1.40 bits per heavy atom. The molecule has 3 heteroatoms. The van der Waals surface area contributed by atoms with Gasteiger partial charge in [0.15, 0.2) is 5.78 Å². The van der Waals surface area contributed by atoms with Crippen molar-refractivity contribution in [2.75, 3.05) is 6.54 Å². The van der Waals surface area contributed by atoms with Crippen LogP contribution in [0, 0.1) is 0 Å². The SMILES string of the molecule is O=C(Cc1ccncc1)C1CCCCN1. The van der Waals surface area contributed by atoms with Gasteiger partial charge in [0.25, 0.3) is 0 Å². The van der Waals surface area contributed by atoms with Gasteiger partial charge in [0.1, 0.15) is 0 Å². The number of carbonyl (C=O) groups excluding carboxylic acids is 1. The van der Waals surface area contributed by atoms with Gasteiger partial charge in [-0.15, -0.1) is 0 Å². The first-order valence-electron chi connectivity index (χ1n) is 5.51. The van der Waals surface area contributed by atoms with E-state index in [0.717, 1.165) is 18.5 Å². The average molecular weight is 204 g/mol. The number of hydrogen-bond donors (Lipinski definition) is 1. The first-order chi connectivity index (χ1) is 7.36. The summed E-state index contributed by atoms with van der Waals surface area (Å²) in [6.45, 7) is 0.979. The van der Waals surface area contributed by atoms with E-state index >= 15 is 0 Å². The average Bonchev–Trinajstić information content (AvgIpc) is 2.31. The van der Waals surface area contributed by atoms with Crippen molar-refractivity contribution in [3.8, 4) is 0 Å². The van der Waals surface area contributed by atoms with Crippen LogP contribution in [0.3, 0.4) is 0 Å². The lowest BCUT2D eigenvalue weighted by atomic mass is 9.97. The normalized spacial score (nSPS) is 21.2. The molecule has 1 aliphatic rings. The molecule has 3 nitrogen and oxygen atoms in total. The molecule has 2 rings (SSSR count). The molecule has 80 valence electrons. The number of rotatable bonds is 3. The first kappa shape index (κ1) is 10.3. The fourth-order valence-corrected chi connectivity index (χ4v) is 1.95. The Morgan fingerprint density at radius 3 is 2.87 bits per heavy atom. The van der Waals surface area contributed by atoms with Gasteiger partial charge in [0.2, 0.25) is 0 Å². The van der Waals surface area contributed by atoms with Gasteiger partial charge in [0, 0.05) is 18.8 Å². The van der Waals surface area contributed by atoms with Crippen LogP contribution in [0.1, 0.15) is 24.8 Å². The molecule has 1 aliphatic heterocycles. The maximum absolute atomic E-state index is 11.9. The van der Waals surface area contributed by atoms with Crippen molar-refractivity contribution in [3.63, 3.8) is 0 Å². The van der Waals surface area contributed by atoms with Crippen LogP contribution in [-0.4, -0.2) is 23.4 Å². The van der Waals surface area contributed by atoms with E-state index in [0.29, 0.717) is 12.2 Å². The minimum absolute atomic E-state index is 0.0758. The van der Waals surface area contributed by atoms with E-state index in [1.165, 1.54) is 12.8 Å². The molecule has 1 saturated heterocycles. The van der Waals surface area contributed by atoms with Crippen LogP contribution in [0.25, 0.3) is 0 Å². The predicted octanol–water partition coefficient (Wildman–Crippen LogP) is 1.34. The second-order valence-electron chi connectivity index (χ2n) is 4.00. The predicted molar refractivity (Wildman–Crippen MR) is 58.6 cm³/mol. The number of ketones is 1. The molecule has 1 atom stereocenters. The summed E-state index contributed by atoms with van der Waals surface area (Å²) < 4.78 is 0. The Bertz CT molecular complexity index is 318. The summed E-state index contributed by atoms with van der Waals surface area (Å²) in [4.78, 5) is 15.8. The van der Waals surface area contributed by atoms with Crippen molar-refractivity contribution >= 4 is 5.78 Å². The molecule has 15 heavy (non-hydrogen) atoms. The first-order valence-corrected chi connectivity index (χ1v) is 5.51. The van der Waals surface area contributed by atoms with Crippen molar-refractivity contribution in [2.45, 2.75) is 31.7 Å². The monoisotopic (exact) mass is 204 g/mol. The molecule has 0 aromatic carbocycles. The van der Waals surface area contributed by atoms with Crippen molar-refractivity contribution in [3.05, 3.63) is 30.1 Å². The highest BCUT2D eigenvalue weighted by molar-refractivity contribution is 5.86. The summed E-state index contributed by atoms with van der Waals surface area (Å²) in [5.41, 5.74) is 1.06. The maximum atomic E-state index is 11.9. The summed E-state index contributed by atoms with van der Waals surface area (Å²) in [6.07, 6.45) is 7.34. The van der Waals surface area contributed by atoms with E-state index < -0.39 is 0 Å². The lowest BCUT2D eigenvalue weighted by molar-refractivity contribution is -0.120. The molecule has 0 spiro atoms. The number of aromatic nitrogens is 1. The highest BCUT2D eigenvalue weighted by Crippen LogP contribution is 2.10. The third-order valence-corrected chi connectivity index (χ3v) is 2.83. The lowest BCUT2D eigenvalue weighted by Gasteiger charge is -2.22. The molecule has 0 saturated carbocycles. The van der Waals surface area contributed by atoms with Gasteiger partial charge in [-0.3, -0.25) is 9.78 Å². The maximum Gasteiger partial charge on any atom is 0.154 e. The van der Waals surface area contributed by atoms with Crippen LogP contribution in [0.15, 0.2) is 24.5 Å². The van der Waals surface area contributed by atoms with Crippen molar-refractivity contribution in [2.24, 2.45) is 0 Å². The summed E-state index contributed by atoms with van der Waals surface area (Å²) >= 11 is 0. The molecule has 0 bridgehead atoms. The minimum Gasteiger partial charge on any atom is -0.307 e. The summed E-state index contributed by atoms with van der Waals surface area (Å²) in [7, 11) is 0. The molecule has 1 aromatic rings. The Hall–Kier alpha value is -1.22. The van der Waals surface area contributed by atoms with Gasteiger partial charge in [-0.2, -0.15) is 0 Å². The van der Waals surface area contributed by atoms with Crippen LogP contribution in [0.5, 0.6) is 0 Å². The van der Waals surface area contributed by atoms with E-state index in [4.69, 9.17) is 0 Å². The highest BCUT2D eigenvalue weighted by atomic mass is 16.1. The van der Waals surface area contributed by atoms with Crippen LogP contribution in [-0.2, 0) is 11.2 Å². The number of nitrogens with zero attached hydrogens (tertiary/aromatic N) is 1. The molecule has 0 aliphatic carbocycles. The van der Waals surface area contributed by atoms with Gasteiger partial charge < -0.3 is 5.32 Å². The Balaban J connectivity index is 1.91. The van der Waals surface area contributed by atoms with E-state index in [1.54, 1.807) is 12.4 Å². The molecule has 1 N–H and O–H groups in total. The molecule has 1 aromatic heterocycles. The Labute approximate surface area is 89.9 Å². The molecule has 0 amide bonds. The summed E-state index contributed by atoms with van der Waals surface area (Å²) in [5.74, 6) is 0.306. The van der Waals surface area contributed by atoms with Gasteiger partial charge in [-0.1, -0.05) is 6.42 Å². The van der Waals surface area contributed by atoms with Gasteiger partial charge in [0.05, 0.1) is 6.04 Å². The third-order valence-electron chi connectivity index (χ3n) is 2.83. The second-order valence-corrected chi connectivity index (χ2v) is 4.00. The molecular formula is C12H16N2O. The number of piperidine rings is 1. The number of Topliss-reactive ketones (excluding diaryl/α,β-unsaturated/α-hetero) is 1. The number of nitrogens with one attached hydrogen (secondary N) is 1. The van der Waals surface area contributed by atoms with Crippen molar-refractivity contribution in [1.29, 1.82) is 0 Å². The quantitative estimate of drug-likeness (QED) is 0.807. The zero-order valence-corrected chi connectivity index (χ0v) is 8.78. The fourth-order valence-electron chi connectivity index (χ4n) is 1.95. The molecular weight excluding hydrogens is 188 g/mol. The second kappa shape index (κ2) is 5.03. The Kier molecular flexibility index (Phi) is 3.45. The van der Waals surface area contributed by atoms with Crippen LogP contribution >= 0.6 is 0 Å². The smallest absolute Gasteiger partial charge is 0.154 e. The van der Waals surface area contributed by atoms with Crippen molar-refractivity contribution < 1.29 is 4.79 Å². The molecule has 1 unspecified atom stereocenters. The standard InChI is InChI=1S/C12H16N2O/c15-12(11-3-1-2-6-14-11)9-10-4-7-13-8-5-10/h4-5,7-8,11,14H,1-3,6,9H2. The van der Waals surface area contributed by atoms with Crippen LogP contribution < -0.4 is 5.32 Å². The zero-order chi connectivity index (χ0) is 10.5. The molecule has 0 radical (unpaired) electrons. The Morgan fingerprint density at radius 2 is 2.20 bits per heavy atom. The lowest BCUT2D eigenvalue weighted by Crippen LogP contribution is -2.41. The molecule has 1 fully saturated rings. The largest absolute Gasteiger partial charge is 0.307 e. The van der Waals surface area contributed by atoms with Crippen molar-refractivity contribution in [1.82, 2.24) is 10.3 Å². The minimum atomic E-state index is 0.0758. The van der Waals surface area contributed by atoms with E-state index in [-0.39, 0.29) is 6.04 Å². The summed E-state index contributed by atoms with van der Waals surface area (Å²) in [5, 5.41) is 3.27. The topological polar surface area (TPSA) is 42.0 Å². The van der Waals surface area contributed by atoms with E-state index in [1.807, 2.05) is 12.1 Å². The van der Waals surface area contributed by atoms with Crippen LogP contribution in [0.2, 0.25) is 0 Å². The van der Waals surface area contributed by atoms with Gasteiger partial charge in [-0.05, 0) is 37.1 Å². The van der Waals surface area contributed by atoms with E-state index in [2.05, 4.69) is 10.3 Å². The number of pyridine rings is 1. The highest BCUT2D eigenvalue weighted by Gasteiger charge is 2.20. The van der Waals surface area contributed by atoms with Gasteiger partial charge in [-0.25, -0.2) is 0 Å². The number of carbonyl (C=O) groups is 1. The fraction of sp³-hybridized carbons (Fsp3) is 0.500. The summed E-state index contributed by atoms with van der Waals surface area (Å²) in [6, 6.07) is 3.88. The zero-order valence-electron chi connectivity index (χ0n) is 8.78. The number of hydrogen-bond acceptors (Lipinski definition) is 3. The molecule has 2 heterocycles.